The maximum absolute atomic E-state index is 13.7. The van der Waals surface area contributed by atoms with Crippen molar-refractivity contribution < 1.29 is 9.18 Å². The van der Waals surface area contributed by atoms with Gasteiger partial charge < -0.3 is 16.4 Å². The Labute approximate surface area is 222 Å². The van der Waals surface area contributed by atoms with E-state index in [0.717, 1.165) is 53.9 Å². The van der Waals surface area contributed by atoms with Gasteiger partial charge in [0.25, 0.3) is 0 Å². The Morgan fingerprint density at radius 3 is 2.49 bits per heavy atom. The number of nitrogens with zero attached hydrogens (tertiary/aromatic N) is 1. The van der Waals surface area contributed by atoms with Crippen LogP contribution in [0.4, 0.5) is 4.39 Å². The van der Waals surface area contributed by atoms with Crippen LogP contribution in [-0.2, 0) is 11.2 Å². The molecule has 0 aliphatic carbocycles. The summed E-state index contributed by atoms with van der Waals surface area (Å²) in [5, 5.41) is 7.76. The molecule has 0 spiro atoms. The van der Waals surface area contributed by atoms with Crippen molar-refractivity contribution in [3.63, 3.8) is 0 Å². The number of carbonyl (C=O) groups excluding carboxylic acids is 1. The molecule has 1 unspecified atom stereocenters. The lowest BCUT2D eigenvalue weighted by Gasteiger charge is -2.34. The number of nitrogens with two attached hydrogens (primary N) is 2. The molecule has 3 aromatic rings. The Bertz CT molecular complexity index is 1210. The smallest absolute Gasteiger partial charge is 0.240 e. The zero-order chi connectivity index (χ0) is 26.2. The Hall–Kier alpha value is -3.20. The standard InChI is InChI=1S/C29H34FN5OS/c30-25-9-7-22(8-10-25)23-4-2-6-26(19-23)37-34-27(18-21-3-1-5-24(17-21)28(32)33)29(36)35-15-12-20(11-14-31)13-16-35/h1-10,17,19-20,27,34H,11-16,18,31H2,(H3,32,33). The van der Waals surface area contributed by atoms with E-state index in [9.17, 15) is 9.18 Å². The van der Waals surface area contributed by atoms with Crippen LogP contribution in [0, 0.1) is 17.1 Å². The van der Waals surface area contributed by atoms with Crippen molar-refractivity contribution in [2.75, 3.05) is 19.6 Å². The topological polar surface area (TPSA) is 108 Å². The maximum Gasteiger partial charge on any atom is 0.240 e. The predicted molar refractivity (Wildman–Crippen MR) is 149 cm³/mol. The van der Waals surface area contributed by atoms with Crippen LogP contribution in [0.5, 0.6) is 0 Å². The van der Waals surface area contributed by atoms with Crippen LogP contribution >= 0.6 is 11.9 Å². The number of nitrogen functional groups attached to an aromatic ring is 1. The van der Waals surface area contributed by atoms with Gasteiger partial charge in [-0.15, -0.1) is 0 Å². The van der Waals surface area contributed by atoms with E-state index >= 15 is 0 Å². The number of carbonyl (C=O) groups is 1. The summed E-state index contributed by atoms with van der Waals surface area (Å²) in [5.74, 6) is 0.391. The quantitative estimate of drug-likeness (QED) is 0.178. The highest BCUT2D eigenvalue weighted by Gasteiger charge is 2.28. The SMILES string of the molecule is N=C(N)c1cccc(CC(NSc2cccc(-c3ccc(F)cc3)c2)C(=O)N2CCC(CCN)CC2)c1. The molecule has 37 heavy (non-hydrogen) atoms. The van der Waals surface area contributed by atoms with Crippen LogP contribution in [0.2, 0.25) is 0 Å². The number of nitrogens with one attached hydrogen (secondary N) is 2. The number of hydrogen-bond acceptors (Lipinski definition) is 5. The number of hydrogen-bond donors (Lipinski definition) is 4. The van der Waals surface area contributed by atoms with Gasteiger partial charge in [-0.05, 0) is 97.1 Å². The molecule has 1 heterocycles. The number of benzene rings is 3. The molecule has 0 radical (unpaired) electrons. The first-order chi connectivity index (χ1) is 17.9. The molecule has 6 N–H and O–H groups in total. The molecule has 1 fully saturated rings. The number of halogens is 1. The molecule has 1 saturated heterocycles. The molecule has 0 aromatic heterocycles. The van der Waals surface area contributed by atoms with Crippen molar-refractivity contribution in [1.29, 1.82) is 5.41 Å². The molecular formula is C29H34FN5OS. The number of amides is 1. The summed E-state index contributed by atoms with van der Waals surface area (Å²) in [5.41, 5.74) is 14.9. The fourth-order valence-electron chi connectivity index (χ4n) is 4.70. The molecule has 1 aliphatic heterocycles. The molecule has 1 aliphatic rings. The van der Waals surface area contributed by atoms with Crippen LogP contribution in [0.25, 0.3) is 11.1 Å². The van der Waals surface area contributed by atoms with Gasteiger partial charge in [0.1, 0.15) is 17.7 Å². The van der Waals surface area contributed by atoms with Gasteiger partial charge in [0, 0.05) is 23.5 Å². The lowest BCUT2D eigenvalue weighted by molar-refractivity contribution is -0.134. The Morgan fingerprint density at radius 1 is 1.05 bits per heavy atom. The fourth-order valence-corrected chi connectivity index (χ4v) is 5.49. The van der Waals surface area contributed by atoms with Gasteiger partial charge in [0.15, 0.2) is 0 Å². The Kier molecular flexibility index (Phi) is 9.33. The summed E-state index contributed by atoms with van der Waals surface area (Å²) in [6, 6.07) is 21.4. The van der Waals surface area contributed by atoms with Gasteiger partial charge in [0.2, 0.25) is 5.91 Å². The molecule has 194 valence electrons. The molecule has 3 aromatic carbocycles. The van der Waals surface area contributed by atoms with Gasteiger partial charge in [-0.25, -0.2) is 9.11 Å². The second kappa shape index (κ2) is 12.9. The minimum Gasteiger partial charge on any atom is -0.384 e. The highest BCUT2D eigenvalue weighted by molar-refractivity contribution is 7.97. The summed E-state index contributed by atoms with van der Waals surface area (Å²) in [6.45, 7) is 2.16. The van der Waals surface area contributed by atoms with E-state index in [-0.39, 0.29) is 17.6 Å². The average molecular weight is 520 g/mol. The largest absolute Gasteiger partial charge is 0.384 e. The first-order valence-electron chi connectivity index (χ1n) is 12.6. The predicted octanol–water partition coefficient (Wildman–Crippen LogP) is 4.57. The maximum atomic E-state index is 13.7. The zero-order valence-corrected chi connectivity index (χ0v) is 21.6. The van der Waals surface area contributed by atoms with Crippen molar-refractivity contribution in [2.24, 2.45) is 17.4 Å². The molecular weight excluding hydrogens is 485 g/mol. The third-order valence-electron chi connectivity index (χ3n) is 6.81. The van der Waals surface area contributed by atoms with E-state index < -0.39 is 6.04 Å². The van der Waals surface area contributed by atoms with E-state index in [1.54, 1.807) is 18.2 Å². The van der Waals surface area contributed by atoms with Gasteiger partial charge in [-0.2, -0.15) is 0 Å². The Morgan fingerprint density at radius 2 is 1.78 bits per heavy atom. The van der Waals surface area contributed by atoms with Crippen molar-refractivity contribution in [2.45, 2.75) is 36.6 Å². The highest BCUT2D eigenvalue weighted by atomic mass is 32.2. The third-order valence-corrected chi connectivity index (χ3v) is 7.70. The van der Waals surface area contributed by atoms with Crippen molar-refractivity contribution in [3.8, 4) is 11.1 Å². The van der Waals surface area contributed by atoms with Crippen molar-refractivity contribution in [1.82, 2.24) is 9.62 Å². The molecule has 6 nitrogen and oxygen atoms in total. The van der Waals surface area contributed by atoms with Crippen LogP contribution in [0.15, 0.2) is 77.7 Å². The van der Waals surface area contributed by atoms with Crippen LogP contribution in [-0.4, -0.2) is 42.3 Å². The summed E-state index contributed by atoms with van der Waals surface area (Å²) >= 11 is 1.42. The monoisotopic (exact) mass is 519 g/mol. The summed E-state index contributed by atoms with van der Waals surface area (Å²) in [4.78, 5) is 16.6. The van der Waals surface area contributed by atoms with E-state index in [4.69, 9.17) is 16.9 Å². The second-order valence-electron chi connectivity index (χ2n) is 9.47. The van der Waals surface area contributed by atoms with Gasteiger partial charge in [-0.3, -0.25) is 10.2 Å². The molecule has 0 bridgehead atoms. The lowest BCUT2D eigenvalue weighted by Crippen LogP contribution is -2.48. The van der Waals surface area contributed by atoms with Gasteiger partial charge >= 0.3 is 0 Å². The van der Waals surface area contributed by atoms with Crippen LogP contribution in [0.3, 0.4) is 0 Å². The normalized spacial score (nSPS) is 14.9. The summed E-state index contributed by atoms with van der Waals surface area (Å²) in [6.07, 6.45) is 3.43. The zero-order valence-electron chi connectivity index (χ0n) is 20.8. The van der Waals surface area contributed by atoms with Crippen molar-refractivity contribution in [3.05, 3.63) is 89.7 Å². The number of rotatable bonds is 10. The van der Waals surface area contributed by atoms with E-state index in [1.165, 1.54) is 24.1 Å². The first-order valence-corrected chi connectivity index (χ1v) is 13.4. The molecule has 0 saturated carbocycles. The summed E-state index contributed by atoms with van der Waals surface area (Å²) in [7, 11) is 0. The van der Waals surface area contributed by atoms with E-state index in [1.807, 2.05) is 47.4 Å². The van der Waals surface area contributed by atoms with E-state index in [0.29, 0.717) is 24.4 Å². The number of likely N-dealkylation sites (tertiary alicyclic amines) is 1. The first kappa shape index (κ1) is 26.9. The van der Waals surface area contributed by atoms with Crippen LogP contribution in [0.1, 0.15) is 30.4 Å². The fraction of sp³-hybridized carbons (Fsp3) is 0.310. The van der Waals surface area contributed by atoms with E-state index in [2.05, 4.69) is 4.72 Å². The third kappa shape index (κ3) is 7.41. The van der Waals surface area contributed by atoms with Gasteiger partial charge in [-0.1, -0.05) is 42.5 Å². The lowest BCUT2D eigenvalue weighted by atomic mass is 9.93. The minimum absolute atomic E-state index is 0.00615. The molecule has 8 heteroatoms. The van der Waals surface area contributed by atoms with Crippen LogP contribution < -0.4 is 16.2 Å². The van der Waals surface area contributed by atoms with Crippen molar-refractivity contribution >= 4 is 23.7 Å². The summed E-state index contributed by atoms with van der Waals surface area (Å²) < 4.78 is 16.8. The Balaban J connectivity index is 1.50. The molecule has 1 amide bonds. The highest BCUT2D eigenvalue weighted by Crippen LogP contribution is 2.26. The average Bonchev–Trinajstić information content (AvgIpc) is 2.92. The molecule has 4 rings (SSSR count). The minimum atomic E-state index is -0.451. The number of amidine groups is 1. The molecule has 1 atom stereocenters. The number of piperidine rings is 1. The van der Waals surface area contributed by atoms with Gasteiger partial charge in [0.05, 0.1) is 0 Å². The second-order valence-corrected chi connectivity index (χ2v) is 10.4.